The first-order chi connectivity index (χ1) is 10.1. The number of halogens is 1. The Morgan fingerprint density at radius 2 is 2.00 bits per heavy atom. The van der Waals surface area contributed by atoms with Crippen LogP contribution >= 0.6 is 15.9 Å². The Hall–Kier alpha value is -2.41. The second kappa shape index (κ2) is 6.36. The summed E-state index contributed by atoms with van der Waals surface area (Å²) in [6.07, 6.45) is 1.77. The van der Waals surface area contributed by atoms with Gasteiger partial charge in [-0.25, -0.2) is 14.8 Å². The second-order valence-electron chi connectivity index (χ2n) is 3.92. The summed E-state index contributed by atoms with van der Waals surface area (Å²) in [6, 6.07) is 6.30. The summed E-state index contributed by atoms with van der Waals surface area (Å²) in [6.45, 7) is 0. The van der Waals surface area contributed by atoms with Crippen molar-refractivity contribution in [2.45, 2.75) is 0 Å². The normalized spacial score (nSPS) is 10.0. The summed E-state index contributed by atoms with van der Waals surface area (Å²) in [5.41, 5.74) is 0.268. The lowest BCUT2D eigenvalue weighted by molar-refractivity contribution is 0.0593. The molecular formula is C14H9BrN2O4. The smallest absolute Gasteiger partial charge is 0.358 e. The van der Waals surface area contributed by atoms with E-state index in [-0.39, 0.29) is 27.1 Å². The molecule has 0 unspecified atom stereocenters. The van der Waals surface area contributed by atoms with E-state index in [1.807, 2.05) is 0 Å². The molecule has 0 bridgehead atoms. The monoisotopic (exact) mass is 348 g/mol. The third kappa shape index (κ3) is 3.03. The van der Waals surface area contributed by atoms with Gasteiger partial charge in [0.15, 0.2) is 12.0 Å². The maximum Gasteiger partial charge on any atom is 0.358 e. The first-order valence-electron chi connectivity index (χ1n) is 5.78. The first kappa shape index (κ1) is 15.0. The highest BCUT2D eigenvalue weighted by Crippen LogP contribution is 2.18. The molecule has 0 fully saturated rings. The van der Waals surface area contributed by atoms with Gasteiger partial charge in [0.2, 0.25) is 5.78 Å². The first-order valence-corrected chi connectivity index (χ1v) is 6.57. The molecule has 7 heteroatoms. The zero-order chi connectivity index (χ0) is 15.4. The molecule has 0 amide bonds. The Morgan fingerprint density at radius 3 is 2.67 bits per heavy atom. The predicted molar refractivity (Wildman–Crippen MR) is 76.3 cm³/mol. The highest BCUT2D eigenvalue weighted by atomic mass is 79.9. The summed E-state index contributed by atoms with van der Waals surface area (Å²) < 4.78 is 4.72. The van der Waals surface area contributed by atoms with Crippen LogP contribution in [0.15, 0.2) is 35.1 Å². The molecule has 0 radical (unpaired) electrons. The van der Waals surface area contributed by atoms with Crippen LogP contribution in [-0.2, 0) is 4.74 Å². The fourth-order valence-corrected chi connectivity index (χ4v) is 2.03. The molecule has 0 aliphatic rings. The molecule has 0 spiro atoms. The van der Waals surface area contributed by atoms with Gasteiger partial charge >= 0.3 is 5.97 Å². The van der Waals surface area contributed by atoms with Gasteiger partial charge in [-0.05, 0) is 15.9 Å². The highest BCUT2D eigenvalue weighted by molar-refractivity contribution is 9.10. The number of benzene rings is 1. The van der Waals surface area contributed by atoms with Crippen LogP contribution in [0.25, 0.3) is 0 Å². The van der Waals surface area contributed by atoms with Gasteiger partial charge in [0.25, 0.3) is 0 Å². The maximum absolute atomic E-state index is 12.5. The van der Waals surface area contributed by atoms with Crippen LogP contribution in [0.5, 0.6) is 0 Å². The molecular weight excluding hydrogens is 340 g/mol. The molecule has 21 heavy (non-hydrogen) atoms. The molecule has 0 aliphatic carbocycles. The SMILES string of the molecule is COC(=O)c1cnc(Br)c(C(=O)c2ccccc2C=O)n1. The molecule has 106 valence electrons. The van der Waals surface area contributed by atoms with Crippen molar-refractivity contribution < 1.29 is 19.1 Å². The van der Waals surface area contributed by atoms with Crippen molar-refractivity contribution in [3.63, 3.8) is 0 Å². The largest absolute Gasteiger partial charge is 0.464 e. The van der Waals surface area contributed by atoms with Crippen molar-refractivity contribution in [1.82, 2.24) is 9.97 Å². The summed E-state index contributed by atoms with van der Waals surface area (Å²) in [5, 5.41) is 0. The third-order valence-corrected chi connectivity index (χ3v) is 3.25. The molecule has 0 saturated carbocycles. The fraction of sp³-hybridized carbons (Fsp3) is 0.0714. The number of hydrogen-bond acceptors (Lipinski definition) is 6. The topological polar surface area (TPSA) is 86.2 Å². The Kier molecular flexibility index (Phi) is 4.54. The van der Waals surface area contributed by atoms with E-state index >= 15 is 0 Å². The molecule has 2 rings (SSSR count). The number of ether oxygens (including phenoxy) is 1. The predicted octanol–water partition coefficient (Wildman–Crippen LogP) is 2.07. The quantitative estimate of drug-likeness (QED) is 0.477. The van der Waals surface area contributed by atoms with E-state index in [2.05, 4.69) is 30.6 Å². The molecule has 0 N–H and O–H groups in total. The summed E-state index contributed by atoms with van der Waals surface area (Å²) in [7, 11) is 1.20. The van der Waals surface area contributed by atoms with Crippen molar-refractivity contribution in [2.75, 3.05) is 7.11 Å². The van der Waals surface area contributed by atoms with Crippen LogP contribution in [0.2, 0.25) is 0 Å². The van der Waals surface area contributed by atoms with Crippen molar-refractivity contribution in [2.24, 2.45) is 0 Å². The molecule has 2 aromatic rings. The number of carbonyl (C=O) groups is 3. The highest BCUT2D eigenvalue weighted by Gasteiger charge is 2.20. The number of methoxy groups -OCH3 is 1. The number of rotatable bonds is 4. The molecule has 0 atom stereocenters. The van der Waals surface area contributed by atoms with Crippen LogP contribution in [0.1, 0.15) is 36.9 Å². The molecule has 1 aromatic carbocycles. The van der Waals surface area contributed by atoms with Crippen LogP contribution in [0, 0.1) is 0 Å². The molecule has 0 aliphatic heterocycles. The average molecular weight is 349 g/mol. The number of carbonyl (C=O) groups excluding carboxylic acids is 3. The lowest BCUT2D eigenvalue weighted by atomic mass is 10.0. The summed E-state index contributed by atoms with van der Waals surface area (Å²) in [5.74, 6) is -1.21. The lowest BCUT2D eigenvalue weighted by Gasteiger charge is -2.06. The minimum atomic E-state index is -0.701. The second-order valence-corrected chi connectivity index (χ2v) is 4.67. The van der Waals surface area contributed by atoms with E-state index < -0.39 is 11.8 Å². The molecule has 1 aromatic heterocycles. The Bertz CT molecular complexity index is 731. The summed E-state index contributed by atoms with van der Waals surface area (Å²) >= 11 is 3.11. The standard InChI is InChI=1S/C14H9BrN2O4/c1-21-14(20)10-6-16-13(15)11(17-10)12(19)9-5-3-2-4-8(9)7-18/h2-7H,1H3. The number of hydrogen-bond donors (Lipinski definition) is 0. The van der Waals surface area contributed by atoms with Crippen molar-refractivity contribution in [3.8, 4) is 0 Å². The molecule has 1 heterocycles. The number of aromatic nitrogens is 2. The maximum atomic E-state index is 12.5. The zero-order valence-corrected chi connectivity index (χ0v) is 12.5. The van der Waals surface area contributed by atoms with Gasteiger partial charge in [-0.3, -0.25) is 9.59 Å². The fourth-order valence-electron chi connectivity index (χ4n) is 1.66. The van der Waals surface area contributed by atoms with Crippen LogP contribution in [-0.4, -0.2) is 35.1 Å². The van der Waals surface area contributed by atoms with E-state index in [0.29, 0.717) is 6.29 Å². The number of esters is 1. The van der Waals surface area contributed by atoms with Gasteiger partial charge in [-0.1, -0.05) is 24.3 Å². The Morgan fingerprint density at radius 1 is 1.29 bits per heavy atom. The van der Waals surface area contributed by atoms with Gasteiger partial charge in [0.1, 0.15) is 10.3 Å². The number of ketones is 1. The molecule has 0 saturated heterocycles. The van der Waals surface area contributed by atoms with Crippen molar-refractivity contribution in [3.05, 3.63) is 57.6 Å². The zero-order valence-electron chi connectivity index (χ0n) is 10.9. The van der Waals surface area contributed by atoms with Crippen molar-refractivity contribution >= 4 is 34.0 Å². The van der Waals surface area contributed by atoms with E-state index in [0.717, 1.165) is 0 Å². The Labute approximate surface area is 128 Å². The van der Waals surface area contributed by atoms with E-state index in [1.165, 1.54) is 25.4 Å². The van der Waals surface area contributed by atoms with Crippen LogP contribution in [0.3, 0.4) is 0 Å². The number of aldehydes is 1. The van der Waals surface area contributed by atoms with Gasteiger partial charge in [-0.15, -0.1) is 0 Å². The van der Waals surface area contributed by atoms with Gasteiger partial charge in [-0.2, -0.15) is 0 Å². The van der Waals surface area contributed by atoms with Gasteiger partial charge in [0, 0.05) is 11.1 Å². The van der Waals surface area contributed by atoms with E-state index in [1.54, 1.807) is 12.1 Å². The minimum Gasteiger partial charge on any atom is -0.464 e. The Balaban J connectivity index is 2.52. The lowest BCUT2D eigenvalue weighted by Crippen LogP contribution is -2.13. The van der Waals surface area contributed by atoms with Crippen LogP contribution in [0.4, 0.5) is 0 Å². The third-order valence-electron chi connectivity index (χ3n) is 2.67. The van der Waals surface area contributed by atoms with Gasteiger partial charge < -0.3 is 4.74 Å². The van der Waals surface area contributed by atoms with E-state index in [4.69, 9.17) is 0 Å². The van der Waals surface area contributed by atoms with Crippen LogP contribution < -0.4 is 0 Å². The van der Waals surface area contributed by atoms with Crippen molar-refractivity contribution in [1.29, 1.82) is 0 Å². The minimum absolute atomic E-state index is 0.0628. The average Bonchev–Trinajstić information content (AvgIpc) is 2.53. The number of nitrogens with zero attached hydrogens (tertiary/aromatic N) is 2. The van der Waals surface area contributed by atoms with Gasteiger partial charge in [0.05, 0.1) is 13.3 Å². The van der Waals surface area contributed by atoms with E-state index in [9.17, 15) is 14.4 Å². The molecule has 6 nitrogen and oxygen atoms in total. The summed E-state index contributed by atoms with van der Waals surface area (Å²) in [4.78, 5) is 42.8.